The first-order valence-electron chi connectivity index (χ1n) is 8.43. The molecule has 1 fully saturated rings. The molecule has 1 aliphatic heterocycles. The minimum atomic E-state index is -4.17. The van der Waals surface area contributed by atoms with Gasteiger partial charge in [-0.1, -0.05) is 24.3 Å². The van der Waals surface area contributed by atoms with Gasteiger partial charge in [-0.25, -0.2) is 4.99 Å². The number of aliphatic hydroxyl groups is 1. The van der Waals surface area contributed by atoms with Crippen LogP contribution in [0.4, 0.5) is 13.2 Å². The van der Waals surface area contributed by atoms with Gasteiger partial charge in [-0.15, -0.1) is 24.0 Å². The van der Waals surface area contributed by atoms with Gasteiger partial charge in [-0.3, -0.25) is 4.90 Å². The molecule has 0 amide bonds. The van der Waals surface area contributed by atoms with E-state index in [4.69, 9.17) is 0 Å². The van der Waals surface area contributed by atoms with E-state index in [1.807, 2.05) is 31.2 Å². The fraction of sp³-hybridized carbons (Fsp3) is 0.588. The molecule has 1 aromatic rings. The summed E-state index contributed by atoms with van der Waals surface area (Å²) in [6.45, 7) is 2.83. The van der Waals surface area contributed by atoms with Gasteiger partial charge in [0, 0.05) is 25.7 Å². The molecule has 0 saturated carbocycles. The molecule has 1 aromatic carbocycles. The number of rotatable bonds is 6. The summed E-state index contributed by atoms with van der Waals surface area (Å²) in [7, 11) is 0. The summed E-state index contributed by atoms with van der Waals surface area (Å²) in [6.07, 6.45) is -3.52. The molecule has 0 aromatic heterocycles. The fourth-order valence-corrected chi connectivity index (χ4v) is 2.89. The third-order valence-corrected chi connectivity index (χ3v) is 4.06. The third kappa shape index (κ3) is 7.67. The van der Waals surface area contributed by atoms with E-state index in [0.717, 1.165) is 11.1 Å². The number of likely N-dealkylation sites (tertiary alicyclic amines) is 1. The number of hydrogen-bond donors (Lipinski definition) is 3. The molecule has 3 N–H and O–H groups in total. The van der Waals surface area contributed by atoms with Gasteiger partial charge < -0.3 is 15.7 Å². The van der Waals surface area contributed by atoms with Crippen molar-refractivity contribution in [3.05, 3.63) is 35.4 Å². The van der Waals surface area contributed by atoms with Gasteiger partial charge in [0.05, 0.1) is 19.7 Å². The molecule has 0 radical (unpaired) electrons. The molecule has 0 bridgehead atoms. The number of nitrogens with one attached hydrogen (secondary N) is 2. The standard InChI is InChI=1S/C17H25F3N4O.HI/c1-2-21-16(22-9-13-5-3-4-6-14(13)11-25)23-15-7-8-24(10-15)12-17(18,19)20;/h3-6,15,25H,2,7-12H2,1H3,(H2,21,22,23);1H. The molecule has 9 heteroatoms. The Balaban J connectivity index is 0.00000338. The number of guanidine groups is 1. The van der Waals surface area contributed by atoms with E-state index in [1.54, 1.807) is 0 Å². The van der Waals surface area contributed by atoms with Crippen LogP contribution in [0.3, 0.4) is 0 Å². The Hall–Kier alpha value is -1.07. The average molecular weight is 486 g/mol. The maximum Gasteiger partial charge on any atom is 0.401 e. The van der Waals surface area contributed by atoms with Crippen molar-refractivity contribution in [2.24, 2.45) is 4.99 Å². The zero-order chi connectivity index (χ0) is 18.3. The number of halogens is 4. The molecule has 148 valence electrons. The largest absolute Gasteiger partial charge is 0.401 e. The Morgan fingerprint density at radius 1 is 1.31 bits per heavy atom. The quantitative estimate of drug-likeness (QED) is 0.329. The molecule has 5 nitrogen and oxygen atoms in total. The molecular formula is C17H26F3IN4O. The van der Waals surface area contributed by atoms with Crippen LogP contribution in [0, 0.1) is 0 Å². The van der Waals surface area contributed by atoms with Gasteiger partial charge in [0.2, 0.25) is 0 Å². The summed E-state index contributed by atoms with van der Waals surface area (Å²) in [5, 5.41) is 15.7. The van der Waals surface area contributed by atoms with E-state index in [0.29, 0.717) is 38.6 Å². The topological polar surface area (TPSA) is 59.9 Å². The van der Waals surface area contributed by atoms with Gasteiger partial charge in [-0.05, 0) is 24.5 Å². The minimum absolute atomic E-state index is 0. The second kappa shape index (κ2) is 10.9. The van der Waals surface area contributed by atoms with Crippen LogP contribution in [-0.2, 0) is 13.2 Å². The van der Waals surface area contributed by atoms with Crippen molar-refractivity contribution >= 4 is 29.9 Å². The minimum Gasteiger partial charge on any atom is -0.392 e. The highest BCUT2D eigenvalue weighted by molar-refractivity contribution is 14.0. The lowest BCUT2D eigenvalue weighted by molar-refractivity contribution is -0.143. The predicted molar refractivity (Wildman–Crippen MR) is 107 cm³/mol. The van der Waals surface area contributed by atoms with Crippen LogP contribution in [0.25, 0.3) is 0 Å². The summed E-state index contributed by atoms with van der Waals surface area (Å²) in [5.41, 5.74) is 1.74. The molecular weight excluding hydrogens is 460 g/mol. The van der Waals surface area contributed by atoms with E-state index in [9.17, 15) is 18.3 Å². The van der Waals surface area contributed by atoms with Gasteiger partial charge >= 0.3 is 6.18 Å². The Kier molecular flexibility index (Phi) is 9.66. The summed E-state index contributed by atoms with van der Waals surface area (Å²) in [4.78, 5) is 5.90. The van der Waals surface area contributed by atoms with Crippen LogP contribution in [0.1, 0.15) is 24.5 Å². The summed E-state index contributed by atoms with van der Waals surface area (Å²) >= 11 is 0. The molecule has 1 aliphatic rings. The smallest absolute Gasteiger partial charge is 0.392 e. The van der Waals surface area contributed by atoms with Crippen molar-refractivity contribution in [2.75, 3.05) is 26.2 Å². The van der Waals surface area contributed by atoms with Crippen LogP contribution in [-0.4, -0.2) is 54.4 Å². The SMILES string of the molecule is CCNC(=NCc1ccccc1CO)NC1CCN(CC(F)(F)F)C1.I. The predicted octanol–water partition coefficient (Wildman–Crippen LogP) is 2.49. The van der Waals surface area contributed by atoms with Crippen LogP contribution in [0.15, 0.2) is 29.3 Å². The zero-order valence-corrected chi connectivity index (χ0v) is 17.1. The second-order valence-corrected chi connectivity index (χ2v) is 6.10. The van der Waals surface area contributed by atoms with Crippen molar-refractivity contribution in [1.82, 2.24) is 15.5 Å². The molecule has 1 saturated heterocycles. The Morgan fingerprint density at radius 2 is 2.00 bits per heavy atom. The molecule has 0 spiro atoms. The highest BCUT2D eigenvalue weighted by atomic mass is 127. The molecule has 0 aliphatic carbocycles. The summed E-state index contributed by atoms with van der Waals surface area (Å²) in [6, 6.07) is 7.43. The lowest BCUT2D eigenvalue weighted by atomic mass is 10.1. The van der Waals surface area contributed by atoms with E-state index < -0.39 is 12.7 Å². The average Bonchev–Trinajstić information content (AvgIpc) is 2.98. The first kappa shape index (κ1) is 23.0. The summed E-state index contributed by atoms with van der Waals surface area (Å²) in [5.74, 6) is 0.578. The van der Waals surface area contributed by atoms with Crippen LogP contribution in [0.5, 0.6) is 0 Å². The van der Waals surface area contributed by atoms with Crippen LogP contribution in [0.2, 0.25) is 0 Å². The Labute approximate surface area is 169 Å². The zero-order valence-electron chi connectivity index (χ0n) is 14.7. The van der Waals surface area contributed by atoms with E-state index >= 15 is 0 Å². The number of aliphatic imine (C=N–C) groups is 1. The van der Waals surface area contributed by atoms with Crippen molar-refractivity contribution < 1.29 is 18.3 Å². The normalized spacial score (nSPS) is 18.5. The summed E-state index contributed by atoms with van der Waals surface area (Å²) < 4.78 is 37.4. The molecule has 2 rings (SSSR count). The monoisotopic (exact) mass is 486 g/mol. The first-order valence-corrected chi connectivity index (χ1v) is 8.43. The fourth-order valence-electron chi connectivity index (χ4n) is 2.89. The number of benzene rings is 1. The number of hydrogen-bond acceptors (Lipinski definition) is 3. The van der Waals surface area contributed by atoms with Crippen LogP contribution >= 0.6 is 24.0 Å². The number of nitrogens with zero attached hydrogens (tertiary/aromatic N) is 2. The van der Waals surface area contributed by atoms with Crippen molar-refractivity contribution in [3.63, 3.8) is 0 Å². The van der Waals surface area contributed by atoms with Gasteiger partial charge in [0.1, 0.15) is 0 Å². The van der Waals surface area contributed by atoms with Gasteiger partial charge in [-0.2, -0.15) is 13.2 Å². The second-order valence-electron chi connectivity index (χ2n) is 6.10. The highest BCUT2D eigenvalue weighted by Crippen LogP contribution is 2.20. The van der Waals surface area contributed by atoms with E-state index in [2.05, 4.69) is 15.6 Å². The van der Waals surface area contributed by atoms with E-state index in [-0.39, 0.29) is 36.6 Å². The lowest BCUT2D eigenvalue weighted by Crippen LogP contribution is -2.45. The lowest BCUT2D eigenvalue weighted by Gasteiger charge is -2.20. The van der Waals surface area contributed by atoms with E-state index in [1.165, 1.54) is 4.90 Å². The number of alkyl halides is 3. The third-order valence-electron chi connectivity index (χ3n) is 4.06. The Morgan fingerprint density at radius 3 is 2.62 bits per heavy atom. The molecule has 1 atom stereocenters. The van der Waals surface area contributed by atoms with Crippen molar-refractivity contribution in [2.45, 2.75) is 38.7 Å². The maximum absolute atomic E-state index is 12.5. The van der Waals surface area contributed by atoms with Crippen molar-refractivity contribution in [3.8, 4) is 0 Å². The van der Waals surface area contributed by atoms with Crippen LogP contribution < -0.4 is 10.6 Å². The van der Waals surface area contributed by atoms with Gasteiger partial charge in [0.15, 0.2) is 5.96 Å². The maximum atomic E-state index is 12.5. The van der Waals surface area contributed by atoms with Crippen molar-refractivity contribution in [1.29, 1.82) is 0 Å². The molecule has 1 unspecified atom stereocenters. The molecule has 26 heavy (non-hydrogen) atoms. The highest BCUT2D eigenvalue weighted by Gasteiger charge is 2.34. The number of aliphatic hydroxyl groups excluding tert-OH is 1. The molecule has 1 heterocycles. The first-order chi connectivity index (χ1) is 11.9. The Bertz CT molecular complexity index is 583. The van der Waals surface area contributed by atoms with Gasteiger partial charge in [0.25, 0.3) is 0 Å².